The van der Waals surface area contributed by atoms with Crippen molar-refractivity contribution >= 4 is 5.91 Å². The molecule has 3 heteroatoms. The predicted molar refractivity (Wildman–Crippen MR) is 46.1 cm³/mol. The van der Waals surface area contributed by atoms with E-state index in [0.29, 0.717) is 5.92 Å². The van der Waals surface area contributed by atoms with E-state index in [1.165, 1.54) is 0 Å². The van der Waals surface area contributed by atoms with Gasteiger partial charge in [-0.2, -0.15) is 0 Å². The monoisotopic (exact) mass is 158 g/mol. The van der Waals surface area contributed by atoms with Crippen LogP contribution in [0.1, 0.15) is 27.2 Å². The molecule has 0 spiro atoms. The van der Waals surface area contributed by atoms with Crippen molar-refractivity contribution in [2.24, 2.45) is 11.7 Å². The quantitative estimate of drug-likeness (QED) is 0.626. The minimum Gasteiger partial charge on any atom is -0.355 e. The fourth-order valence-corrected chi connectivity index (χ4v) is 0.645. The Morgan fingerprint density at radius 3 is 2.36 bits per heavy atom. The first-order valence-electron chi connectivity index (χ1n) is 4.07. The average molecular weight is 158 g/mol. The van der Waals surface area contributed by atoms with Gasteiger partial charge < -0.3 is 11.1 Å². The zero-order chi connectivity index (χ0) is 8.85. The zero-order valence-corrected chi connectivity index (χ0v) is 7.55. The number of amides is 1. The van der Waals surface area contributed by atoms with Crippen LogP contribution in [0.3, 0.4) is 0 Å². The lowest BCUT2D eigenvalue weighted by Crippen LogP contribution is -2.38. The number of hydrogen-bond acceptors (Lipinski definition) is 2. The fourth-order valence-electron chi connectivity index (χ4n) is 0.645. The van der Waals surface area contributed by atoms with Crippen molar-refractivity contribution < 1.29 is 4.79 Å². The van der Waals surface area contributed by atoms with Crippen molar-refractivity contribution in [3.63, 3.8) is 0 Å². The molecular formula is C8H18N2O. The van der Waals surface area contributed by atoms with E-state index < -0.39 is 0 Å². The molecule has 0 fully saturated rings. The Hall–Kier alpha value is -0.570. The van der Waals surface area contributed by atoms with Gasteiger partial charge in [0.05, 0.1) is 6.04 Å². The summed E-state index contributed by atoms with van der Waals surface area (Å²) in [6.45, 7) is 6.67. The van der Waals surface area contributed by atoms with E-state index in [0.717, 1.165) is 13.0 Å². The molecule has 0 aromatic carbocycles. The van der Waals surface area contributed by atoms with E-state index in [1.54, 1.807) is 6.92 Å². The van der Waals surface area contributed by atoms with Crippen molar-refractivity contribution in [3.05, 3.63) is 0 Å². The van der Waals surface area contributed by atoms with Crippen LogP contribution < -0.4 is 11.1 Å². The molecule has 0 aliphatic carbocycles. The van der Waals surface area contributed by atoms with Crippen molar-refractivity contribution in [3.8, 4) is 0 Å². The normalized spacial score (nSPS) is 13.2. The van der Waals surface area contributed by atoms with Crippen LogP contribution in [-0.4, -0.2) is 18.5 Å². The number of carbonyl (C=O) groups is 1. The molecule has 3 nitrogen and oxygen atoms in total. The lowest BCUT2D eigenvalue weighted by Gasteiger charge is -2.08. The van der Waals surface area contributed by atoms with Gasteiger partial charge in [-0.15, -0.1) is 0 Å². The molecule has 1 amide bonds. The number of nitrogens with one attached hydrogen (secondary N) is 1. The molecule has 0 aliphatic heterocycles. The molecule has 0 bridgehead atoms. The summed E-state index contributed by atoms with van der Waals surface area (Å²) in [5.74, 6) is 0.564. The highest BCUT2D eigenvalue weighted by Crippen LogP contribution is 1.96. The lowest BCUT2D eigenvalue weighted by molar-refractivity contribution is -0.122. The van der Waals surface area contributed by atoms with Gasteiger partial charge in [-0.1, -0.05) is 13.8 Å². The summed E-state index contributed by atoms with van der Waals surface area (Å²) < 4.78 is 0. The molecule has 0 rings (SSSR count). The van der Waals surface area contributed by atoms with Gasteiger partial charge in [0, 0.05) is 6.54 Å². The standard InChI is InChI=1S/C8H18N2O/c1-6(2)4-5-10-8(11)7(3)9/h6-7H,4-5,9H2,1-3H3,(H,10,11)/t7-/m0/s1. The van der Waals surface area contributed by atoms with Gasteiger partial charge in [0.25, 0.3) is 0 Å². The molecule has 0 saturated carbocycles. The Morgan fingerprint density at radius 2 is 2.00 bits per heavy atom. The van der Waals surface area contributed by atoms with Gasteiger partial charge in [0.1, 0.15) is 0 Å². The summed E-state index contributed by atoms with van der Waals surface area (Å²) in [5.41, 5.74) is 5.34. The van der Waals surface area contributed by atoms with E-state index in [-0.39, 0.29) is 11.9 Å². The van der Waals surface area contributed by atoms with E-state index in [2.05, 4.69) is 19.2 Å². The smallest absolute Gasteiger partial charge is 0.236 e. The Bertz CT molecular complexity index is 121. The Balaban J connectivity index is 3.32. The Kier molecular flexibility index (Phi) is 4.86. The van der Waals surface area contributed by atoms with Gasteiger partial charge in [-0.3, -0.25) is 4.79 Å². The van der Waals surface area contributed by atoms with Gasteiger partial charge in [-0.25, -0.2) is 0 Å². The van der Waals surface area contributed by atoms with Gasteiger partial charge in [-0.05, 0) is 19.3 Å². The number of carbonyl (C=O) groups excluding carboxylic acids is 1. The summed E-state index contributed by atoms with van der Waals surface area (Å²) in [7, 11) is 0. The maximum Gasteiger partial charge on any atom is 0.236 e. The molecule has 0 heterocycles. The minimum atomic E-state index is -0.387. The number of nitrogens with two attached hydrogens (primary N) is 1. The van der Waals surface area contributed by atoms with E-state index in [9.17, 15) is 4.79 Å². The largest absolute Gasteiger partial charge is 0.355 e. The van der Waals surface area contributed by atoms with Crippen molar-refractivity contribution in [1.82, 2.24) is 5.32 Å². The maximum atomic E-state index is 10.9. The molecule has 11 heavy (non-hydrogen) atoms. The lowest BCUT2D eigenvalue weighted by atomic mass is 10.1. The first-order valence-corrected chi connectivity index (χ1v) is 4.07. The van der Waals surface area contributed by atoms with Crippen molar-refractivity contribution in [1.29, 1.82) is 0 Å². The van der Waals surface area contributed by atoms with Crippen LogP contribution >= 0.6 is 0 Å². The SMILES string of the molecule is CC(C)CCNC(=O)[C@H](C)N. The minimum absolute atomic E-state index is 0.0642. The third-order valence-corrected chi connectivity index (χ3v) is 1.43. The molecular weight excluding hydrogens is 140 g/mol. The summed E-state index contributed by atoms with van der Waals surface area (Å²) in [6.07, 6.45) is 1.01. The molecule has 0 saturated heterocycles. The maximum absolute atomic E-state index is 10.9. The van der Waals surface area contributed by atoms with Crippen LogP contribution in [0.15, 0.2) is 0 Å². The van der Waals surface area contributed by atoms with Crippen LogP contribution in [0, 0.1) is 5.92 Å². The fraction of sp³-hybridized carbons (Fsp3) is 0.875. The first kappa shape index (κ1) is 10.4. The zero-order valence-electron chi connectivity index (χ0n) is 7.55. The predicted octanol–water partition coefficient (Wildman–Crippen LogP) is 0.496. The second-order valence-electron chi connectivity index (χ2n) is 3.26. The summed E-state index contributed by atoms with van der Waals surface area (Å²) in [4.78, 5) is 10.9. The second kappa shape index (κ2) is 5.13. The second-order valence-corrected chi connectivity index (χ2v) is 3.26. The number of hydrogen-bond donors (Lipinski definition) is 2. The molecule has 1 atom stereocenters. The summed E-state index contributed by atoms with van der Waals surface area (Å²) in [5, 5.41) is 2.75. The van der Waals surface area contributed by atoms with Crippen LogP contribution in [0.5, 0.6) is 0 Å². The first-order chi connectivity index (χ1) is 5.04. The van der Waals surface area contributed by atoms with Crippen LogP contribution in [0.4, 0.5) is 0 Å². The third kappa shape index (κ3) is 5.85. The van der Waals surface area contributed by atoms with Gasteiger partial charge in [0.2, 0.25) is 5.91 Å². The molecule has 0 aromatic rings. The molecule has 66 valence electrons. The third-order valence-electron chi connectivity index (χ3n) is 1.43. The molecule has 3 N–H and O–H groups in total. The van der Waals surface area contributed by atoms with Crippen molar-refractivity contribution in [2.75, 3.05) is 6.54 Å². The molecule has 0 aromatic heterocycles. The van der Waals surface area contributed by atoms with Crippen LogP contribution in [0.2, 0.25) is 0 Å². The molecule has 0 unspecified atom stereocenters. The van der Waals surface area contributed by atoms with E-state index >= 15 is 0 Å². The van der Waals surface area contributed by atoms with E-state index in [4.69, 9.17) is 5.73 Å². The highest BCUT2D eigenvalue weighted by atomic mass is 16.2. The van der Waals surface area contributed by atoms with E-state index in [1.807, 2.05) is 0 Å². The van der Waals surface area contributed by atoms with Gasteiger partial charge in [0.15, 0.2) is 0 Å². The summed E-state index contributed by atoms with van der Waals surface area (Å²) >= 11 is 0. The Labute approximate surface area is 68.3 Å². The van der Waals surface area contributed by atoms with Gasteiger partial charge >= 0.3 is 0 Å². The topological polar surface area (TPSA) is 55.1 Å². The molecule has 0 radical (unpaired) electrons. The van der Waals surface area contributed by atoms with Crippen molar-refractivity contribution in [2.45, 2.75) is 33.2 Å². The highest BCUT2D eigenvalue weighted by Gasteiger charge is 2.05. The summed E-state index contributed by atoms with van der Waals surface area (Å²) in [6, 6.07) is -0.387. The number of rotatable bonds is 4. The van der Waals surface area contributed by atoms with Crippen LogP contribution in [-0.2, 0) is 4.79 Å². The Morgan fingerprint density at radius 1 is 1.45 bits per heavy atom. The van der Waals surface area contributed by atoms with Crippen LogP contribution in [0.25, 0.3) is 0 Å². The highest BCUT2D eigenvalue weighted by molar-refractivity contribution is 5.80. The molecule has 0 aliphatic rings. The average Bonchev–Trinajstić information content (AvgIpc) is 1.86.